The molecule has 1 saturated carbocycles. The number of benzene rings is 1. The number of hydrogen-bond donors (Lipinski definition) is 1. The van der Waals surface area contributed by atoms with Gasteiger partial charge in [-0.15, -0.1) is 0 Å². The first-order valence-corrected chi connectivity index (χ1v) is 8.11. The Morgan fingerprint density at radius 1 is 1.25 bits per heavy atom. The quantitative estimate of drug-likeness (QED) is 0.843. The van der Waals surface area contributed by atoms with Crippen molar-refractivity contribution in [2.24, 2.45) is 5.92 Å². The van der Waals surface area contributed by atoms with Gasteiger partial charge in [-0.1, -0.05) is 32.4 Å². The van der Waals surface area contributed by atoms with Crippen molar-refractivity contribution in [3.8, 4) is 5.75 Å². The smallest absolute Gasteiger partial charge is 0.124 e. The highest BCUT2D eigenvalue weighted by Crippen LogP contribution is 2.30. The third kappa shape index (κ3) is 4.68. The molecular weight excluding hydrogens is 270 g/mol. The van der Waals surface area contributed by atoms with E-state index >= 15 is 0 Å². The van der Waals surface area contributed by atoms with Gasteiger partial charge in [-0.05, 0) is 49.8 Å². The van der Waals surface area contributed by atoms with Crippen LogP contribution >= 0.6 is 11.6 Å². The van der Waals surface area contributed by atoms with Crippen LogP contribution in [0.5, 0.6) is 5.75 Å². The lowest BCUT2D eigenvalue weighted by molar-refractivity contribution is 0.134. The van der Waals surface area contributed by atoms with E-state index in [1.165, 1.54) is 25.7 Å². The molecule has 0 saturated heterocycles. The average Bonchev–Trinajstić information content (AvgIpc) is 2.41. The van der Waals surface area contributed by atoms with Crippen LogP contribution in [0.4, 0.5) is 0 Å². The second-order valence-electron chi connectivity index (χ2n) is 6.29. The van der Waals surface area contributed by atoms with Gasteiger partial charge in [0, 0.05) is 23.2 Å². The van der Waals surface area contributed by atoms with Crippen LogP contribution in [-0.4, -0.2) is 12.1 Å². The van der Waals surface area contributed by atoms with Gasteiger partial charge < -0.3 is 10.1 Å². The highest BCUT2D eigenvalue weighted by atomic mass is 35.5. The molecule has 0 heterocycles. The molecule has 0 amide bonds. The molecule has 2 nitrogen and oxygen atoms in total. The zero-order valence-corrected chi connectivity index (χ0v) is 13.5. The topological polar surface area (TPSA) is 21.3 Å². The second-order valence-corrected chi connectivity index (χ2v) is 6.72. The molecule has 0 aliphatic heterocycles. The lowest BCUT2D eigenvalue weighted by Crippen LogP contribution is -2.25. The van der Waals surface area contributed by atoms with Crippen molar-refractivity contribution in [1.82, 2.24) is 5.32 Å². The molecule has 0 spiro atoms. The molecule has 1 aromatic carbocycles. The Morgan fingerprint density at radius 3 is 2.60 bits per heavy atom. The van der Waals surface area contributed by atoms with Crippen molar-refractivity contribution in [2.75, 3.05) is 0 Å². The zero-order valence-electron chi connectivity index (χ0n) is 12.8. The number of nitrogens with one attached hydrogen (secondary N) is 1. The van der Waals surface area contributed by atoms with Crippen LogP contribution in [0.2, 0.25) is 5.02 Å². The van der Waals surface area contributed by atoms with Crippen LogP contribution < -0.4 is 10.1 Å². The minimum atomic E-state index is 0.366. The third-order valence-corrected chi connectivity index (χ3v) is 4.21. The fourth-order valence-corrected chi connectivity index (χ4v) is 2.84. The minimum Gasteiger partial charge on any atom is -0.490 e. The molecule has 0 bridgehead atoms. The fourth-order valence-electron chi connectivity index (χ4n) is 2.64. The van der Waals surface area contributed by atoms with Crippen molar-refractivity contribution in [3.63, 3.8) is 0 Å². The predicted molar refractivity (Wildman–Crippen MR) is 85.5 cm³/mol. The molecule has 0 aromatic heterocycles. The summed E-state index contributed by atoms with van der Waals surface area (Å²) in [6.45, 7) is 7.42. The predicted octanol–water partition coefficient (Wildman–Crippen LogP) is 4.80. The van der Waals surface area contributed by atoms with E-state index in [4.69, 9.17) is 16.3 Å². The maximum Gasteiger partial charge on any atom is 0.124 e. The van der Waals surface area contributed by atoms with Gasteiger partial charge in [0.05, 0.1) is 6.10 Å². The first kappa shape index (κ1) is 15.7. The van der Waals surface area contributed by atoms with Crippen molar-refractivity contribution in [3.05, 3.63) is 28.8 Å². The van der Waals surface area contributed by atoms with Gasteiger partial charge in [-0.3, -0.25) is 0 Å². The van der Waals surface area contributed by atoms with E-state index in [1.807, 2.05) is 18.2 Å². The van der Waals surface area contributed by atoms with Gasteiger partial charge in [0.25, 0.3) is 0 Å². The Kier molecular flexibility index (Phi) is 5.74. The summed E-state index contributed by atoms with van der Waals surface area (Å²) in [7, 11) is 0. The van der Waals surface area contributed by atoms with Gasteiger partial charge in [-0.2, -0.15) is 0 Å². The van der Waals surface area contributed by atoms with E-state index < -0.39 is 0 Å². The molecule has 1 aromatic rings. The van der Waals surface area contributed by atoms with Crippen LogP contribution in [0.1, 0.15) is 52.0 Å². The lowest BCUT2D eigenvalue weighted by atomic mass is 9.89. The Balaban J connectivity index is 2.02. The van der Waals surface area contributed by atoms with Crippen LogP contribution in [0.15, 0.2) is 18.2 Å². The minimum absolute atomic E-state index is 0.366. The van der Waals surface area contributed by atoms with Gasteiger partial charge in [0.2, 0.25) is 0 Å². The average molecular weight is 296 g/mol. The molecule has 1 aliphatic carbocycles. The summed E-state index contributed by atoms with van der Waals surface area (Å²) in [5.74, 6) is 1.84. The highest BCUT2D eigenvalue weighted by molar-refractivity contribution is 6.30. The number of ether oxygens (including phenoxy) is 1. The second kappa shape index (κ2) is 7.33. The van der Waals surface area contributed by atoms with Crippen molar-refractivity contribution < 1.29 is 4.74 Å². The monoisotopic (exact) mass is 295 g/mol. The van der Waals surface area contributed by atoms with Crippen LogP contribution in [0.3, 0.4) is 0 Å². The number of halogens is 1. The Morgan fingerprint density at radius 2 is 1.95 bits per heavy atom. The molecule has 0 atom stereocenters. The summed E-state index contributed by atoms with van der Waals surface area (Å²) in [4.78, 5) is 0. The molecule has 20 heavy (non-hydrogen) atoms. The van der Waals surface area contributed by atoms with Crippen LogP contribution in [-0.2, 0) is 6.54 Å². The van der Waals surface area contributed by atoms with E-state index in [0.717, 1.165) is 28.8 Å². The number of rotatable bonds is 5. The standard InChI is InChI=1S/C17H26ClNO/c1-12(2)19-11-14-10-15(18)6-9-17(14)20-16-7-4-13(3)5-8-16/h6,9-10,12-13,16,19H,4-5,7-8,11H2,1-3H3. The third-order valence-electron chi connectivity index (χ3n) is 3.98. The molecule has 0 unspecified atom stereocenters. The molecule has 3 heteroatoms. The van der Waals surface area contributed by atoms with Crippen LogP contribution in [0.25, 0.3) is 0 Å². The summed E-state index contributed by atoms with van der Waals surface area (Å²) in [6, 6.07) is 6.40. The first-order chi connectivity index (χ1) is 9.54. The van der Waals surface area contributed by atoms with Gasteiger partial charge in [-0.25, -0.2) is 0 Å². The first-order valence-electron chi connectivity index (χ1n) is 7.73. The van der Waals surface area contributed by atoms with E-state index in [2.05, 4.69) is 26.1 Å². The van der Waals surface area contributed by atoms with Crippen molar-refractivity contribution >= 4 is 11.6 Å². The van der Waals surface area contributed by atoms with Gasteiger partial charge in [0.1, 0.15) is 5.75 Å². The van der Waals surface area contributed by atoms with Crippen LogP contribution in [0, 0.1) is 5.92 Å². The summed E-state index contributed by atoms with van der Waals surface area (Å²) in [6.07, 6.45) is 5.25. The van der Waals surface area contributed by atoms with Gasteiger partial charge in [0.15, 0.2) is 0 Å². The Bertz CT molecular complexity index is 425. The van der Waals surface area contributed by atoms with E-state index in [-0.39, 0.29) is 0 Å². The van der Waals surface area contributed by atoms with E-state index in [1.54, 1.807) is 0 Å². The molecule has 112 valence electrons. The molecular formula is C17H26ClNO. The Labute approximate surface area is 127 Å². The Hall–Kier alpha value is -0.730. The van der Waals surface area contributed by atoms with Crippen molar-refractivity contribution in [1.29, 1.82) is 0 Å². The largest absolute Gasteiger partial charge is 0.490 e. The molecule has 2 rings (SSSR count). The summed E-state index contributed by atoms with van der Waals surface area (Å²) in [5.41, 5.74) is 1.16. The summed E-state index contributed by atoms with van der Waals surface area (Å²) in [5, 5.41) is 4.21. The highest BCUT2D eigenvalue weighted by Gasteiger charge is 2.20. The zero-order chi connectivity index (χ0) is 14.5. The molecule has 1 N–H and O–H groups in total. The fraction of sp³-hybridized carbons (Fsp3) is 0.647. The van der Waals surface area contributed by atoms with E-state index in [0.29, 0.717) is 12.1 Å². The molecule has 1 fully saturated rings. The molecule has 0 radical (unpaired) electrons. The lowest BCUT2D eigenvalue weighted by Gasteiger charge is -2.28. The van der Waals surface area contributed by atoms with E-state index in [9.17, 15) is 0 Å². The summed E-state index contributed by atoms with van der Waals surface area (Å²) >= 11 is 6.11. The normalized spacial score (nSPS) is 23.1. The number of hydrogen-bond acceptors (Lipinski definition) is 2. The molecule has 1 aliphatic rings. The SMILES string of the molecule is CC1CCC(Oc2ccc(Cl)cc2CNC(C)C)CC1. The summed E-state index contributed by atoms with van der Waals surface area (Å²) < 4.78 is 6.22. The maximum absolute atomic E-state index is 6.22. The van der Waals surface area contributed by atoms with Gasteiger partial charge >= 0.3 is 0 Å². The maximum atomic E-state index is 6.22. The van der Waals surface area contributed by atoms with Crippen molar-refractivity contribution in [2.45, 2.75) is 65.1 Å².